The van der Waals surface area contributed by atoms with Crippen LogP contribution < -0.4 is 10.6 Å². The van der Waals surface area contributed by atoms with Crippen LogP contribution in [0.4, 0.5) is 11.4 Å². The number of aryl methyl sites for hydroxylation is 1. The molecule has 0 saturated heterocycles. The Morgan fingerprint density at radius 2 is 2.00 bits per heavy atom. The molecule has 1 heterocycles. The monoisotopic (exact) mass is 328 g/mol. The summed E-state index contributed by atoms with van der Waals surface area (Å²) in [7, 11) is 0. The molecule has 106 valence electrons. The third-order valence-electron chi connectivity index (χ3n) is 2.85. The van der Waals surface area contributed by atoms with Crippen molar-refractivity contribution in [1.29, 1.82) is 0 Å². The third-order valence-corrected chi connectivity index (χ3v) is 3.87. The van der Waals surface area contributed by atoms with Gasteiger partial charge in [-0.1, -0.05) is 29.3 Å². The summed E-state index contributed by atoms with van der Waals surface area (Å²) in [6, 6.07) is 5.34. The minimum absolute atomic E-state index is 0.438. The van der Waals surface area contributed by atoms with Gasteiger partial charge in [-0.2, -0.15) is 5.10 Å². The molecule has 2 N–H and O–H groups in total. The molecule has 7 heteroatoms. The van der Waals surface area contributed by atoms with E-state index in [0.717, 1.165) is 17.9 Å². The van der Waals surface area contributed by atoms with E-state index in [2.05, 4.69) is 15.7 Å². The van der Waals surface area contributed by atoms with Gasteiger partial charge < -0.3 is 10.6 Å². The Morgan fingerprint density at radius 3 is 2.65 bits per heavy atom. The van der Waals surface area contributed by atoms with Gasteiger partial charge in [-0.15, -0.1) is 0 Å². The van der Waals surface area contributed by atoms with Crippen molar-refractivity contribution in [2.75, 3.05) is 10.6 Å². The third kappa shape index (κ3) is 3.23. The highest BCUT2D eigenvalue weighted by Gasteiger charge is 2.09. The predicted octanol–water partition coefficient (Wildman–Crippen LogP) is 4.33. The molecule has 0 atom stereocenters. The van der Waals surface area contributed by atoms with Crippen LogP contribution in [0.5, 0.6) is 0 Å². The zero-order chi connectivity index (χ0) is 14.7. The van der Waals surface area contributed by atoms with Crippen molar-refractivity contribution in [2.45, 2.75) is 20.4 Å². The first-order valence-corrected chi connectivity index (χ1v) is 7.23. The van der Waals surface area contributed by atoms with Gasteiger partial charge in [-0.3, -0.25) is 4.68 Å². The molecule has 0 saturated carbocycles. The van der Waals surface area contributed by atoms with E-state index < -0.39 is 0 Å². The number of hydrogen-bond donors (Lipinski definition) is 2. The van der Waals surface area contributed by atoms with Crippen molar-refractivity contribution in [1.82, 2.24) is 9.78 Å². The van der Waals surface area contributed by atoms with Crippen LogP contribution in [0.2, 0.25) is 10.0 Å². The molecule has 1 aromatic carbocycles. The van der Waals surface area contributed by atoms with E-state index in [1.165, 1.54) is 0 Å². The molecule has 0 amide bonds. The topological polar surface area (TPSA) is 41.9 Å². The summed E-state index contributed by atoms with van der Waals surface area (Å²) >= 11 is 17.3. The lowest BCUT2D eigenvalue weighted by atomic mass is 10.3. The number of hydrogen-bond acceptors (Lipinski definition) is 2. The summed E-state index contributed by atoms with van der Waals surface area (Å²) in [6.07, 6.45) is 1.74. The second kappa shape index (κ2) is 6.43. The lowest BCUT2D eigenvalue weighted by Gasteiger charge is -2.12. The summed E-state index contributed by atoms with van der Waals surface area (Å²) in [4.78, 5) is 0. The van der Waals surface area contributed by atoms with E-state index in [1.54, 1.807) is 18.3 Å². The number of nitrogens with one attached hydrogen (secondary N) is 2. The maximum Gasteiger partial charge on any atom is 0.175 e. The second-order valence-electron chi connectivity index (χ2n) is 4.14. The number of aromatic nitrogens is 2. The normalized spacial score (nSPS) is 10.4. The molecule has 2 aromatic rings. The summed E-state index contributed by atoms with van der Waals surface area (Å²) in [6.45, 7) is 4.83. The SMILES string of the molecule is CCn1ncc(NC(=S)Nc2cccc(Cl)c2Cl)c1C. The van der Waals surface area contributed by atoms with E-state index in [1.807, 2.05) is 24.6 Å². The fourth-order valence-corrected chi connectivity index (χ4v) is 2.33. The minimum atomic E-state index is 0.438. The summed E-state index contributed by atoms with van der Waals surface area (Å²) in [5, 5.41) is 11.7. The second-order valence-corrected chi connectivity index (χ2v) is 5.33. The highest BCUT2D eigenvalue weighted by molar-refractivity contribution is 7.80. The molecule has 0 unspecified atom stereocenters. The Kier molecular flexibility index (Phi) is 4.86. The average Bonchev–Trinajstić information content (AvgIpc) is 2.76. The van der Waals surface area contributed by atoms with Gasteiger partial charge in [-0.25, -0.2) is 0 Å². The Labute approximate surface area is 133 Å². The molecule has 0 radical (unpaired) electrons. The summed E-state index contributed by atoms with van der Waals surface area (Å²) < 4.78 is 1.89. The van der Waals surface area contributed by atoms with Crippen molar-refractivity contribution >= 4 is 51.9 Å². The molecule has 0 fully saturated rings. The average molecular weight is 329 g/mol. The fourth-order valence-electron chi connectivity index (χ4n) is 1.76. The highest BCUT2D eigenvalue weighted by atomic mass is 35.5. The van der Waals surface area contributed by atoms with Crippen LogP contribution in [0.1, 0.15) is 12.6 Å². The van der Waals surface area contributed by atoms with E-state index >= 15 is 0 Å². The van der Waals surface area contributed by atoms with Gasteiger partial charge in [0.15, 0.2) is 5.11 Å². The molecule has 0 aliphatic rings. The molecule has 2 rings (SSSR count). The molecule has 0 spiro atoms. The van der Waals surface area contributed by atoms with Gasteiger partial charge in [0.25, 0.3) is 0 Å². The Morgan fingerprint density at radius 1 is 1.30 bits per heavy atom. The van der Waals surface area contributed by atoms with E-state index in [9.17, 15) is 0 Å². The Hall–Kier alpha value is -1.30. The van der Waals surface area contributed by atoms with Crippen molar-refractivity contribution in [2.24, 2.45) is 0 Å². The van der Waals surface area contributed by atoms with Crippen LogP contribution in [0.15, 0.2) is 24.4 Å². The van der Waals surface area contributed by atoms with Crippen molar-refractivity contribution in [3.8, 4) is 0 Å². The first-order valence-electron chi connectivity index (χ1n) is 6.07. The van der Waals surface area contributed by atoms with Gasteiger partial charge in [-0.05, 0) is 38.2 Å². The van der Waals surface area contributed by atoms with E-state index in [0.29, 0.717) is 20.8 Å². The van der Waals surface area contributed by atoms with Crippen LogP contribution >= 0.6 is 35.4 Å². The van der Waals surface area contributed by atoms with Gasteiger partial charge in [0.05, 0.1) is 33.3 Å². The minimum Gasteiger partial charge on any atom is -0.331 e. The molecular formula is C13H14Cl2N4S. The maximum absolute atomic E-state index is 6.10. The van der Waals surface area contributed by atoms with E-state index in [4.69, 9.17) is 35.4 Å². The van der Waals surface area contributed by atoms with Gasteiger partial charge in [0, 0.05) is 6.54 Å². The number of nitrogens with zero attached hydrogens (tertiary/aromatic N) is 2. The number of anilines is 2. The molecule has 4 nitrogen and oxygen atoms in total. The number of rotatable bonds is 3. The molecule has 1 aromatic heterocycles. The van der Waals surface area contributed by atoms with Crippen LogP contribution in [0.3, 0.4) is 0 Å². The first kappa shape index (κ1) is 15.1. The van der Waals surface area contributed by atoms with Crippen molar-refractivity contribution < 1.29 is 0 Å². The fraction of sp³-hybridized carbons (Fsp3) is 0.231. The van der Waals surface area contributed by atoms with Gasteiger partial charge in [0.2, 0.25) is 0 Å². The maximum atomic E-state index is 6.10. The van der Waals surface area contributed by atoms with Crippen LogP contribution in [-0.4, -0.2) is 14.9 Å². The van der Waals surface area contributed by atoms with Crippen LogP contribution in [-0.2, 0) is 6.54 Å². The van der Waals surface area contributed by atoms with Gasteiger partial charge >= 0.3 is 0 Å². The zero-order valence-corrected chi connectivity index (χ0v) is 13.4. The molecule has 0 aliphatic carbocycles. The Balaban J connectivity index is 2.09. The van der Waals surface area contributed by atoms with Crippen LogP contribution in [0, 0.1) is 6.92 Å². The van der Waals surface area contributed by atoms with Gasteiger partial charge in [0.1, 0.15) is 0 Å². The molecule has 0 bridgehead atoms. The highest BCUT2D eigenvalue weighted by Crippen LogP contribution is 2.29. The lowest BCUT2D eigenvalue weighted by molar-refractivity contribution is 0.640. The number of benzene rings is 1. The molecule has 20 heavy (non-hydrogen) atoms. The summed E-state index contributed by atoms with van der Waals surface area (Å²) in [5.74, 6) is 0. The number of thiocarbonyl (C=S) groups is 1. The zero-order valence-electron chi connectivity index (χ0n) is 11.1. The van der Waals surface area contributed by atoms with Crippen LogP contribution in [0.25, 0.3) is 0 Å². The standard InChI is InChI=1S/C13H14Cl2N4S/c1-3-19-8(2)11(7-16-19)18-13(20)17-10-6-4-5-9(14)12(10)15/h4-7H,3H2,1-2H3,(H2,17,18,20). The van der Waals surface area contributed by atoms with Crippen molar-refractivity contribution in [3.63, 3.8) is 0 Å². The molecule has 0 aliphatic heterocycles. The summed E-state index contributed by atoms with van der Waals surface area (Å²) in [5.41, 5.74) is 2.55. The Bertz CT molecular complexity index is 639. The lowest BCUT2D eigenvalue weighted by Crippen LogP contribution is -2.19. The number of halogens is 2. The smallest absolute Gasteiger partial charge is 0.175 e. The largest absolute Gasteiger partial charge is 0.331 e. The predicted molar refractivity (Wildman–Crippen MR) is 88.9 cm³/mol. The first-order chi connectivity index (χ1) is 9.52. The van der Waals surface area contributed by atoms with E-state index in [-0.39, 0.29) is 0 Å². The quantitative estimate of drug-likeness (QED) is 0.823. The van der Waals surface area contributed by atoms with Crippen molar-refractivity contribution in [3.05, 3.63) is 40.1 Å². The molecular weight excluding hydrogens is 315 g/mol.